The van der Waals surface area contributed by atoms with Crippen molar-refractivity contribution in [3.8, 4) is 0 Å². The van der Waals surface area contributed by atoms with E-state index < -0.39 is 5.60 Å². The number of rotatable bonds is 4. The third-order valence-corrected chi connectivity index (χ3v) is 6.03. The number of nitrogens with zero attached hydrogens (tertiary/aromatic N) is 2. The van der Waals surface area contributed by atoms with Crippen LogP contribution in [0.15, 0.2) is 48.5 Å². The summed E-state index contributed by atoms with van der Waals surface area (Å²) in [5, 5.41) is 3.72. The Labute approximate surface area is 186 Å². The first-order valence-corrected chi connectivity index (χ1v) is 11.5. The molecule has 1 saturated heterocycles. The number of benzene rings is 2. The second-order valence-corrected chi connectivity index (χ2v) is 9.76. The van der Waals surface area contributed by atoms with E-state index in [1.165, 1.54) is 11.1 Å². The highest BCUT2D eigenvalue weighted by molar-refractivity contribution is 5.90. The predicted molar refractivity (Wildman–Crippen MR) is 127 cm³/mol. The number of amides is 1. The molecule has 0 unspecified atom stereocenters. The lowest BCUT2D eigenvalue weighted by Crippen LogP contribution is -2.40. The van der Waals surface area contributed by atoms with E-state index in [2.05, 4.69) is 58.7 Å². The molecule has 0 atom stereocenters. The van der Waals surface area contributed by atoms with Gasteiger partial charge in [0, 0.05) is 37.9 Å². The second kappa shape index (κ2) is 9.31. The van der Waals surface area contributed by atoms with Crippen molar-refractivity contribution >= 4 is 17.5 Å². The van der Waals surface area contributed by atoms with Gasteiger partial charge < -0.3 is 10.1 Å². The van der Waals surface area contributed by atoms with Crippen LogP contribution in [0.2, 0.25) is 0 Å². The molecule has 0 saturated carbocycles. The quantitative estimate of drug-likeness (QED) is 0.713. The van der Waals surface area contributed by atoms with Crippen molar-refractivity contribution in [1.82, 2.24) is 4.90 Å². The lowest BCUT2D eigenvalue weighted by atomic mass is 10.00. The molecule has 0 bridgehead atoms. The summed E-state index contributed by atoms with van der Waals surface area (Å²) in [7, 11) is 0. The van der Waals surface area contributed by atoms with E-state index in [0.717, 1.165) is 56.7 Å². The summed E-state index contributed by atoms with van der Waals surface area (Å²) in [4.78, 5) is 17.1. The van der Waals surface area contributed by atoms with Crippen molar-refractivity contribution in [1.29, 1.82) is 0 Å². The zero-order chi connectivity index (χ0) is 21.8. The van der Waals surface area contributed by atoms with Crippen LogP contribution in [0.1, 0.15) is 51.2 Å². The summed E-state index contributed by atoms with van der Waals surface area (Å²) in [5.74, 6) is 0. The van der Waals surface area contributed by atoms with E-state index >= 15 is 0 Å². The maximum Gasteiger partial charge on any atom is 0.414 e. The van der Waals surface area contributed by atoms with Crippen molar-refractivity contribution in [3.63, 3.8) is 0 Å². The fourth-order valence-electron chi connectivity index (χ4n) is 4.48. The minimum atomic E-state index is -0.488. The summed E-state index contributed by atoms with van der Waals surface area (Å²) >= 11 is 0. The minimum absolute atomic E-state index is 0.250. The Balaban J connectivity index is 1.37. The number of carbonyl (C=O) groups excluding carboxylic acids is 1. The fourth-order valence-corrected chi connectivity index (χ4v) is 4.48. The van der Waals surface area contributed by atoms with Crippen molar-refractivity contribution in [2.24, 2.45) is 0 Å². The van der Waals surface area contributed by atoms with Gasteiger partial charge in [-0.25, -0.2) is 4.79 Å². The van der Waals surface area contributed by atoms with Crippen molar-refractivity contribution in [2.45, 2.75) is 64.6 Å². The highest BCUT2D eigenvalue weighted by atomic mass is 16.6. The monoisotopic (exact) mass is 421 g/mol. The van der Waals surface area contributed by atoms with Gasteiger partial charge >= 0.3 is 6.09 Å². The fraction of sp³-hybridized carbons (Fsp3) is 0.500. The molecule has 2 aromatic rings. The van der Waals surface area contributed by atoms with Gasteiger partial charge in [-0.3, -0.25) is 9.80 Å². The molecule has 166 valence electrons. The van der Waals surface area contributed by atoms with Gasteiger partial charge in [0.25, 0.3) is 0 Å². The number of fused-ring (bicyclic) bond motifs is 1. The summed E-state index contributed by atoms with van der Waals surface area (Å²) in [6.07, 6.45) is 3.98. The third-order valence-electron chi connectivity index (χ3n) is 6.03. The lowest BCUT2D eigenvalue weighted by Gasteiger charge is -2.34. The highest BCUT2D eigenvalue weighted by Crippen LogP contribution is 2.32. The van der Waals surface area contributed by atoms with Crippen molar-refractivity contribution in [2.75, 3.05) is 29.9 Å². The van der Waals surface area contributed by atoms with Crippen LogP contribution in [-0.4, -0.2) is 42.3 Å². The second-order valence-electron chi connectivity index (χ2n) is 9.76. The number of carbonyl (C=O) groups is 1. The summed E-state index contributed by atoms with van der Waals surface area (Å²) in [6, 6.07) is 17.6. The SMILES string of the molecule is CC(C)(C)OC(=O)N1CCCc2ccc(NC3CCN(Cc4ccccc4)CC3)cc21. The van der Waals surface area contributed by atoms with Crippen LogP contribution in [0.5, 0.6) is 0 Å². The standard InChI is InChI=1S/C26H35N3O2/c1-26(2,3)31-25(30)29-15-7-10-21-11-12-23(18-24(21)29)27-22-13-16-28(17-14-22)19-20-8-5-4-6-9-20/h4-6,8-9,11-12,18,22,27H,7,10,13-17,19H2,1-3H3. The van der Waals surface area contributed by atoms with Gasteiger partial charge in [0.15, 0.2) is 0 Å². The zero-order valence-corrected chi connectivity index (χ0v) is 19.1. The number of anilines is 2. The largest absolute Gasteiger partial charge is 0.443 e. The third kappa shape index (κ3) is 5.79. The molecule has 2 aliphatic rings. The van der Waals surface area contributed by atoms with Gasteiger partial charge in [-0.15, -0.1) is 0 Å². The van der Waals surface area contributed by atoms with E-state index in [-0.39, 0.29) is 6.09 Å². The summed E-state index contributed by atoms with van der Waals surface area (Å²) in [5.41, 5.74) is 4.20. The van der Waals surface area contributed by atoms with Crippen molar-refractivity contribution < 1.29 is 9.53 Å². The number of piperidine rings is 1. The molecule has 1 fully saturated rings. The van der Waals surface area contributed by atoms with Crippen molar-refractivity contribution in [3.05, 3.63) is 59.7 Å². The van der Waals surface area contributed by atoms with Crippen LogP contribution in [0.3, 0.4) is 0 Å². The predicted octanol–water partition coefficient (Wildman–Crippen LogP) is 5.45. The smallest absolute Gasteiger partial charge is 0.414 e. The van der Waals surface area contributed by atoms with E-state index in [1.807, 2.05) is 20.8 Å². The first-order chi connectivity index (χ1) is 14.9. The number of nitrogens with one attached hydrogen (secondary N) is 1. The Hall–Kier alpha value is -2.53. The molecule has 4 rings (SSSR count). The maximum absolute atomic E-state index is 12.7. The average Bonchev–Trinajstić information content (AvgIpc) is 2.74. The molecule has 1 amide bonds. The number of hydrogen-bond acceptors (Lipinski definition) is 4. The first kappa shape index (κ1) is 21.7. The van der Waals surface area contributed by atoms with Crippen LogP contribution >= 0.6 is 0 Å². The number of hydrogen-bond donors (Lipinski definition) is 1. The molecule has 0 aromatic heterocycles. The van der Waals surface area contributed by atoms with E-state index in [9.17, 15) is 4.79 Å². The Kier molecular flexibility index (Phi) is 6.51. The van der Waals surface area contributed by atoms with Crippen LogP contribution in [0.25, 0.3) is 0 Å². The summed E-state index contributed by atoms with van der Waals surface area (Å²) in [6.45, 7) is 9.68. The highest BCUT2D eigenvalue weighted by Gasteiger charge is 2.28. The molecule has 0 aliphatic carbocycles. The van der Waals surface area contributed by atoms with Gasteiger partial charge in [0.1, 0.15) is 5.60 Å². The van der Waals surface area contributed by atoms with Gasteiger partial charge in [-0.1, -0.05) is 36.4 Å². The molecule has 0 radical (unpaired) electrons. The Bertz CT molecular complexity index is 883. The van der Waals surface area contributed by atoms with Gasteiger partial charge in [0.05, 0.1) is 5.69 Å². The number of ether oxygens (including phenoxy) is 1. The van der Waals surface area contributed by atoms with Crippen LogP contribution in [-0.2, 0) is 17.7 Å². The van der Waals surface area contributed by atoms with Crippen LogP contribution in [0, 0.1) is 0 Å². The van der Waals surface area contributed by atoms with Gasteiger partial charge in [-0.2, -0.15) is 0 Å². The first-order valence-electron chi connectivity index (χ1n) is 11.5. The van der Waals surface area contributed by atoms with Crippen LogP contribution < -0.4 is 10.2 Å². The molecule has 2 aromatic carbocycles. The molecular formula is C26H35N3O2. The molecule has 31 heavy (non-hydrogen) atoms. The molecule has 5 heteroatoms. The van der Waals surface area contributed by atoms with E-state index in [0.29, 0.717) is 12.6 Å². The number of likely N-dealkylation sites (tertiary alicyclic amines) is 1. The minimum Gasteiger partial charge on any atom is -0.443 e. The topological polar surface area (TPSA) is 44.8 Å². The lowest BCUT2D eigenvalue weighted by molar-refractivity contribution is 0.0578. The van der Waals surface area contributed by atoms with E-state index in [4.69, 9.17) is 4.74 Å². The van der Waals surface area contributed by atoms with Gasteiger partial charge in [-0.05, 0) is 69.7 Å². The maximum atomic E-state index is 12.7. The van der Waals surface area contributed by atoms with Gasteiger partial charge in [0.2, 0.25) is 0 Å². The molecule has 2 aliphatic heterocycles. The van der Waals surface area contributed by atoms with Crippen LogP contribution in [0.4, 0.5) is 16.2 Å². The molecular weight excluding hydrogens is 386 g/mol. The molecule has 1 N–H and O–H groups in total. The number of aryl methyl sites for hydroxylation is 1. The van der Waals surface area contributed by atoms with E-state index in [1.54, 1.807) is 4.90 Å². The summed E-state index contributed by atoms with van der Waals surface area (Å²) < 4.78 is 5.65. The molecule has 5 nitrogen and oxygen atoms in total. The Morgan fingerprint density at radius 3 is 2.52 bits per heavy atom. The molecule has 2 heterocycles. The zero-order valence-electron chi connectivity index (χ0n) is 19.1. The average molecular weight is 422 g/mol. The molecule has 0 spiro atoms. The Morgan fingerprint density at radius 2 is 1.81 bits per heavy atom. The Morgan fingerprint density at radius 1 is 1.06 bits per heavy atom. The normalized spacial score (nSPS) is 17.8.